The topological polar surface area (TPSA) is 80.5 Å². The van der Waals surface area contributed by atoms with Gasteiger partial charge in [0, 0.05) is 16.6 Å². The standard InChI is InChI=1S/C11H12BrF3N2O3S/c1-2-17(6-11(13,14)15)10(18)7-3-4-8(12)9(5-7)21(16,19)20/h3-5H,2,6H2,1H3,(H2,16,19,20). The Morgan fingerprint density at radius 3 is 2.38 bits per heavy atom. The Kier molecular flexibility index (Phi) is 5.40. The lowest BCUT2D eigenvalue weighted by Crippen LogP contribution is -2.38. The van der Waals surface area contributed by atoms with Gasteiger partial charge in [-0.3, -0.25) is 4.79 Å². The minimum atomic E-state index is -4.54. The summed E-state index contributed by atoms with van der Waals surface area (Å²) >= 11 is 2.95. The van der Waals surface area contributed by atoms with Gasteiger partial charge in [0.15, 0.2) is 0 Å². The molecule has 0 fully saturated rings. The summed E-state index contributed by atoms with van der Waals surface area (Å²) in [6.07, 6.45) is -4.54. The van der Waals surface area contributed by atoms with Crippen LogP contribution in [0.5, 0.6) is 0 Å². The summed E-state index contributed by atoms with van der Waals surface area (Å²) in [5.74, 6) is -0.924. The van der Waals surface area contributed by atoms with Crippen LogP contribution in [-0.4, -0.2) is 38.5 Å². The van der Waals surface area contributed by atoms with Crippen molar-refractivity contribution in [1.82, 2.24) is 4.90 Å². The fourth-order valence-electron chi connectivity index (χ4n) is 1.58. The van der Waals surface area contributed by atoms with Crippen LogP contribution in [0.15, 0.2) is 27.6 Å². The van der Waals surface area contributed by atoms with Gasteiger partial charge in [-0.05, 0) is 41.1 Å². The molecule has 10 heteroatoms. The van der Waals surface area contributed by atoms with E-state index in [9.17, 15) is 26.4 Å². The fraction of sp³-hybridized carbons (Fsp3) is 0.364. The number of hydrogen-bond acceptors (Lipinski definition) is 3. The molecule has 1 aromatic rings. The Morgan fingerprint density at radius 2 is 1.95 bits per heavy atom. The molecule has 0 aromatic heterocycles. The van der Waals surface area contributed by atoms with Crippen molar-refractivity contribution in [1.29, 1.82) is 0 Å². The average molecular weight is 389 g/mol. The van der Waals surface area contributed by atoms with E-state index in [0.717, 1.165) is 6.07 Å². The predicted octanol–water partition coefficient (Wildman–Crippen LogP) is 2.12. The second kappa shape index (κ2) is 6.32. The first-order chi connectivity index (χ1) is 9.45. The monoisotopic (exact) mass is 388 g/mol. The SMILES string of the molecule is CCN(CC(F)(F)F)C(=O)c1ccc(Br)c(S(N)(=O)=O)c1. The van der Waals surface area contributed by atoms with Gasteiger partial charge >= 0.3 is 6.18 Å². The Hall–Kier alpha value is -1.13. The maximum atomic E-state index is 12.4. The van der Waals surface area contributed by atoms with Crippen molar-refractivity contribution in [3.05, 3.63) is 28.2 Å². The van der Waals surface area contributed by atoms with E-state index in [0.29, 0.717) is 4.90 Å². The third-order valence-corrected chi connectivity index (χ3v) is 4.43. The summed E-state index contributed by atoms with van der Waals surface area (Å²) < 4.78 is 60.0. The number of benzene rings is 1. The predicted molar refractivity (Wildman–Crippen MR) is 73.1 cm³/mol. The minimum Gasteiger partial charge on any atom is -0.330 e. The number of carbonyl (C=O) groups is 1. The van der Waals surface area contributed by atoms with Crippen molar-refractivity contribution >= 4 is 31.9 Å². The number of carbonyl (C=O) groups excluding carboxylic acids is 1. The van der Waals surface area contributed by atoms with E-state index in [4.69, 9.17) is 5.14 Å². The quantitative estimate of drug-likeness (QED) is 0.857. The number of amides is 1. The molecule has 1 rings (SSSR count). The van der Waals surface area contributed by atoms with Crippen molar-refractivity contribution in [3.8, 4) is 0 Å². The first-order valence-electron chi connectivity index (χ1n) is 5.64. The van der Waals surface area contributed by atoms with Gasteiger partial charge in [-0.1, -0.05) is 0 Å². The second-order valence-electron chi connectivity index (χ2n) is 4.12. The zero-order valence-electron chi connectivity index (χ0n) is 10.8. The maximum absolute atomic E-state index is 12.4. The Labute approximate surface area is 128 Å². The molecule has 21 heavy (non-hydrogen) atoms. The molecule has 118 valence electrons. The number of rotatable bonds is 4. The third-order valence-electron chi connectivity index (χ3n) is 2.52. The van der Waals surface area contributed by atoms with E-state index < -0.39 is 28.7 Å². The molecule has 2 N–H and O–H groups in total. The minimum absolute atomic E-state index is 0.125. The van der Waals surface area contributed by atoms with Crippen LogP contribution in [0.25, 0.3) is 0 Å². The molecule has 5 nitrogen and oxygen atoms in total. The molecule has 0 saturated heterocycles. The van der Waals surface area contributed by atoms with Crippen molar-refractivity contribution in [2.75, 3.05) is 13.1 Å². The van der Waals surface area contributed by atoms with Gasteiger partial charge in [0.25, 0.3) is 5.91 Å². The molecular weight excluding hydrogens is 377 g/mol. The summed E-state index contributed by atoms with van der Waals surface area (Å²) in [6.45, 7) is -0.189. The van der Waals surface area contributed by atoms with Crippen molar-refractivity contribution < 1.29 is 26.4 Å². The van der Waals surface area contributed by atoms with Crippen LogP contribution in [-0.2, 0) is 10.0 Å². The third kappa shape index (κ3) is 4.97. The van der Waals surface area contributed by atoms with E-state index in [1.807, 2.05) is 0 Å². The van der Waals surface area contributed by atoms with Crippen LogP contribution < -0.4 is 5.14 Å². The summed E-state index contributed by atoms with van der Waals surface area (Å²) in [5, 5.41) is 4.97. The molecule has 0 aliphatic carbocycles. The maximum Gasteiger partial charge on any atom is 0.406 e. The molecule has 0 saturated carbocycles. The largest absolute Gasteiger partial charge is 0.406 e. The first-order valence-corrected chi connectivity index (χ1v) is 7.98. The lowest BCUT2D eigenvalue weighted by Gasteiger charge is -2.22. The van der Waals surface area contributed by atoms with E-state index >= 15 is 0 Å². The molecule has 0 aliphatic rings. The van der Waals surface area contributed by atoms with Crippen LogP contribution in [0.3, 0.4) is 0 Å². The molecule has 1 amide bonds. The van der Waals surface area contributed by atoms with Gasteiger partial charge in [-0.15, -0.1) is 0 Å². The number of hydrogen-bond donors (Lipinski definition) is 1. The van der Waals surface area contributed by atoms with Crippen molar-refractivity contribution in [3.63, 3.8) is 0 Å². The van der Waals surface area contributed by atoms with Crippen LogP contribution in [0, 0.1) is 0 Å². The highest BCUT2D eigenvalue weighted by atomic mass is 79.9. The van der Waals surface area contributed by atoms with E-state index in [-0.39, 0.29) is 21.5 Å². The molecule has 0 heterocycles. The summed E-state index contributed by atoms with van der Waals surface area (Å²) in [7, 11) is -4.10. The van der Waals surface area contributed by atoms with Gasteiger partial charge < -0.3 is 4.90 Å². The van der Waals surface area contributed by atoms with Crippen molar-refractivity contribution in [2.45, 2.75) is 18.0 Å². The lowest BCUT2D eigenvalue weighted by molar-refractivity contribution is -0.140. The Morgan fingerprint density at radius 1 is 1.38 bits per heavy atom. The summed E-state index contributed by atoms with van der Waals surface area (Å²) in [6, 6.07) is 3.41. The second-order valence-corrected chi connectivity index (χ2v) is 6.51. The molecule has 0 unspecified atom stereocenters. The van der Waals surface area contributed by atoms with Crippen LogP contribution in [0.4, 0.5) is 13.2 Å². The number of alkyl halides is 3. The summed E-state index contributed by atoms with van der Waals surface area (Å²) in [5.41, 5.74) is -0.187. The van der Waals surface area contributed by atoms with E-state index in [1.54, 1.807) is 0 Å². The number of nitrogens with zero attached hydrogens (tertiary/aromatic N) is 1. The highest BCUT2D eigenvalue weighted by molar-refractivity contribution is 9.10. The van der Waals surface area contributed by atoms with Gasteiger partial charge in [0.2, 0.25) is 10.0 Å². The normalized spacial score (nSPS) is 12.3. The van der Waals surface area contributed by atoms with Gasteiger partial charge in [0.05, 0.1) is 4.90 Å². The van der Waals surface area contributed by atoms with Gasteiger partial charge in [0.1, 0.15) is 6.54 Å². The highest BCUT2D eigenvalue weighted by Crippen LogP contribution is 2.24. The van der Waals surface area contributed by atoms with Crippen molar-refractivity contribution in [2.24, 2.45) is 5.14 Å². The molecule has 0 aliphatic heterocycles. The number of sulfonamides is 1. The zero-order valence-corrected chi connectivity index (χ0v) is 13.2. The molecule has 0 spiro atoms. The van der Waals surface area contributed by atoms with Crippen LogP contribution >= 0.6 is 15.9 Å². The molecule has 0 bridgehead atoms. The summed E-state index contributed by atoms with van der Waals surface area (Å²) in [4.78, 5) is 12.2. The highest BCUT2D eigenvalue weighted by Gasteiger charge is 2.33. The molecule has 0 atom stereocenters. The number of primary sulfonamides is 1. The van der Waals surface area contributed by atoms with Crippen LogP contribution in [0.2, 0.25) is 0 Å². The van der Waals surface area contributed by atoms with E-state index in [1.165, 1.54) is 19.1 Å². The zero-order chi connectivity index (χ0) is 16.4. The molecule has 0 radical (unpaired) electrons. The first kappa shape index (κ1) is 17.9. The van der Waals surface area contributed by atoms with E-state index in [2.05, 4.69) is 15.9 Å². The lowest BCUT2D eigenvalue weighted by atomic mass is 10.2. The molecule has 1 aromatic carbocycles. The smallest absolute Gasteiger partial charge is 0.330 e. The number of halogens is 4. The van der Waals surface area contributed by atoms with Gasteiger partial charge in [-0.25, -0.2) is 13.6 Å². The fourth-order valence-corrected chi connectivity index (χ4v) is 3.14. The van der Waals surface area contributed by atoms with Crippen LogP contribution in [0.1, 0.15) is 17.3 Å². The molecular formula is C11H12BrF3N2O3S. The van der Waals surface area contributed by atoms with Gasteiger partial charge in [-0.2, -0.15) is 13.2 Å². The Balaban J connectivity index is 3.19. The average Bonchev–Trinajstić information content (AvgIpc) is 2.33. The number of nitrogens with two attached hydrogens (primary N) is 1. The Bertz CT molecular complexity index is 647.